The highest BCUT2D eigenvalue weighted by Crippen LogP contribution is 2.25. The van der Waals surface area contributed by atoms with E-state index in [1.807, 2.05) is 0 Å². The van der Waals surface area contributed by atoms with Gasteiger partial charge in [0.25, 0.3) is 5.69 Å². The molecule has 0 aliphatic heterocycles. The molecule has 0 spiro atoms. The molecule has 0 fully saturated rings. The van der Waals surface area contributed by atoms with E-state index in [1.54, 1.807) is 0 Å². The van der Waals surface area contributed by atoms with Gasteiger partial charge in [-0.2, -0.15) is 5.10 Å². The molecule has 8 nitrogen and oxygen atoms in total. The number of aromatic carboxylic acids is 1. The second kappa shape index (κ2) is 5.21. The van der Waals surface area contributed by atoms with Gasteiger partial charge in [0.1, 0.15) is 0 Å². The number of carbonyl (C=O) groups is 1. The molecule has 20 heavy (non-hydrogen) atoms. The number of halogens is 1. The van der Waals surface area contributed by atoms with Gasteiger partial charge in [-0.05, 0) is 22.0 Å². The molecule has 0 aliphatic rings. The van der Waals surface area contributed by atoms with Crippen molar-refractivity contribution < 1.29 is 14.8 Å². The lowest BCUT2D eigenvalue weighted by Gasteiger charge is -2.07. The maximum atomic E-state index is 11.3. The fraction of sp³-hybridized carbons (Fsp3) is 0. The average Bonchev–Trinajstić information content (AvgIpc) is 2.39. The monoisotopic (exact) mass is 339 g/mol. The molecule has 9 heteroatoms. The molecule has 2 rings (SSSR count). The zero-order valence-electron chi connectivity index (χ0n) is 9.69. The Bertz CT molecular complexity index is 771. The standard InChI is InChI=1S/C11H6BrN3O5/c12-7-2-1-6(15(19)20)5-8(7)14-4-3-9(16)10(13-14)11(17)18/h1-5H,(H,17,18). The number of non-ortho nitro benzene ring substituents is 1. The zero-order valence-corrected chi connectivity index (χ0v) is 11.3. The van der Waals surface area contributed by atoms with Crippen LogP contribution in [0.15, 0.2) is 39.7 Å². The van der Waals surface area contributed by atoms with Gasteiger partial charge >= 0.3 is 5.97 Å². The van der Waals surface area contributed by atoms with Crippen LogP contribution in [0.5, 0.6) is 0 Å². The molecule has 1 aromatic carbocycles. The van der Waals surface area contributed by atoms with Gasteiger partial charge in [0.05, 0.1) is 10.6 Å². The van der Waals surface area contributed by atoms with Gasteiger partial charge in [0.2, 0.25) is 11.1 Å². The van der Waals surface area contributed by atoms with Gasteiger partial charge in [0.15, 0.2) is 0 Å². The third-order valence-corrected chi connectivity index (χ3v) is 3.07. The first-order valence-corrected chi connectivity index (χ1v) is 5.97. The normalized spacial score (nSPS) is 10.2. The van der Waals surface area contributed by atoms with Crippen molar-refractivity contribution in [3.05, 3.63) is 61.0 Å². The summed E-state index contributed by atoms with van der Waals surface area (Å²) in [5.74, 6) is -1.47. The Hall–Kier alpha value is -2.55. The first kappa shape index (κ1) is 13.9. The Morgan fingerprint density at radius 1 is 1.40 bits per heavy atom. The molecule has 102 valence electrons. The maximum Gasteiger partial charge on any atom is 0.360 e. The maximum absolute atomic E-state index is 11.3. The minimum absolute atomic E-state index is 0.180. The molecular formula is C11H6BrN3O5. The fourth-order valence-electron chi connectivity index (χ4n) is 1.48. The van der Waals surface area contributed by atoms with Crippen LogP contribution in [0.3, 0.4) is 0 Å². The quantitative estimate of drug-likeness (QED) is 0.670. The number of nitrogens with zero attached hydrogens (tertiary/aromatic N) is 3. The highest BCUT2D eigenvalue weighted by atomic mass is 79.9. The summed E-state index contributed by atoms with van der Waals surface area (Å²) in [5, 5.41) is 23.3. The van der Waals surface area contributed by atoms with E-state index in [1.165, 1.54) is 24.4 Å². The molecule has 2 aromatic rings. The van der Waals surface area contributed by atoms with Crippen molar-refractivity contribution in [1.29, 1.82) is 0 Å². The van der Waals surface area contributed by atoms with Gasteiger partial charge in [-0.1, -0.05) is 0 Å². The number of aromatic nitrogens is 2. The number of nitro benzene ring substituents is 1. The second-order valence-corrected chi connectivity index (χ2v) is 4.53. The minimum atomic E-state index is -1.47. The van der Waals surface area contributed by atoms with Crippen LogP contribution in [-0.4, -0.2) is 25.8 Å². The second-order valence-electron chi connectivity index (χ2n) is 3.67. The molecule has 0 amide bonds. The third kappa shape index (κ3) is 2.57. The highest BCUT2D eigenvalue weighted by molar-refractivity contribution is 9.10. The summed E-state index contributed by atoms with van der Waals surface area (Å²) in [4.78, 5) is 32.4. The van der Waals surface area contributed by atoms with Crippen molar-refractivity contribution in [3.63, 3.8) is 0 Å². The molecule has 0 saturated heterocycles. The molecule has 1 aromatic heterocycles. The van der Waals surface area contributed by atoms with E-state index < -0.39 is 22.0 Å². The van der Waals surface area contributed by atoms with Crippen LogP contribution in [-0.2, 0) is 0 Å². The van der Waals surface area contributed by atoms with E-state index in [2.05, 4.69) is 21.0 Å². The van der Waals surface area contributed by atoms with E-state index in [0.717, 1.165) is 10.7 Å². The van der Waals surface area contributed by atoms with Crippen LogP contribution in [0.2, 0.25) is 0 Å². The van der Waals surface area contributed by atoms with Crippen LogP contribution in [0.4, 0.5) is 5.69 Å². The van der Waals surface area contributed by atoms with Crippen LogP contribution >= 0.6 is 15.9 Å². The molecule has 0 radical (unpaired) electrons. The zero-order chi connectivity index (χ0) is 14.9. The van der Waals surface area contributed by atoms with Gasteiger partial charge in [-0.3, -0.25) is 14.9 Å². The predicted molar refractivity (Wildman–Crippen MR) is 71.1 cm³/mol. The van der Waals surface area contributed by atoms with Crippen molar-refractivity contribution in [1.82, 2.24) is 9.78 Å². The summed E-state index contributed by atoms with van der Waals surface area (Å²) < 4.78 is 1.55. The van der Waals surface area contributed by atoms with Crippen molar-refractivity contribution in [3.8, 4) is 5.69 Å². The van der Waals surface area contributed by atoms with E-state index in [0.29, 0.717) is 4.47 Å². The summed E-state index contributed by atoms with van der Waals surface area (Å²) in [5.41, 5.74) is -1.33. The summed E-state index contributed by atoms with van der Waals surface area (Å²) in [6, 6.07) is 4.97. The number of rotatable bonds is 3. The fourth-order valence-corrected chi connectivity index (χ4v) is 1.91. The SMILES string of the molecule is O=C(O)c1nn(-c2cc([N+](=O)[O-])ccc2Br)ccc1=O. The summed E-state index contributed by atoms with van der Waals surface area (Å²) in [6.45, 7) is 0. The van der Waals surface area contributed by atoms with Crippen LogP contribution in [0.25, 0.3) is 5.69 Å². The van der Waals surface area contributed by atoms with E-state index in [4.69, 9.17) is 5.11 Å². The number of nitro groups is 1. The Kier molecular flexibility index (Phi) is 3.61. The molecule has 0 unspecified atom stereocenters. The Morgan fingerprint density at radius 2 is 2.10 bits per heavy atom. The summed E-state index contributed by atoms with van der Waals surface area (Å²) in [7, 11) is 0. The topological polar surface area (TPSA) is 115 Å². The highest BCUT2D eigenvalue weighted by Gasteiger charge is 2.15. The van der Waals surface area contributed by atoms with Gasteiger partial charge < -0.3 is 5.11 Å². The number of carboxylic acid groups (broad SMARTS) is 1. The molecule has 0 atom stereocenters. The van der Waals surface area contributed by atoms with Crippen LogP contribution in [0.1, 0.15) is 10.5 Å². The van der Waals surface area contributed by atoms with Gasteiger partial charge in [-0.15, -0.1) is 0 Å². The van der Waals surface area contributed by atoms with Crippen molar-refractivity contribution in [2.45, 2.75) is 0 Å². The number of carboxylic acids is 1. The van der Waals surface area contributed by atoms with Crippen molar-refractivity contribution >= 4 is 27.6 Å². The third-order valence-electron chi connectivity index (χ3n) is 2.40. The number of benzene rings is 1. The molecule has 1 N–H and O–H groups in total. The molecule has 0 aliphatic carbocycles. The lowest BCUT2D eigenvalue weighted by atomic mass is 10.3. The predicted octanol–water partition coefficient (Wildman–Crippen LogP) is 1.60. The Morgan fingerprint density at radius 3 is 2.70 bits per heavy atom. The smallest absolute Gasteiger partial charge is 0.360 e. The number of hydrogen-bond acceptors (Lipinski definition) is 5. The Balaban J connectivity index is 2.65. The molecule has 0 saturated carbocycles. The number of hydrogen-bond donors (Lipinski definition) is 1. The Labute approximate surface area is 119 Å². The van der Waals surface area contributed by atoms with E-state index in [9.17, 15) is 19.7 Å². The van der Waals surface area contributed by atoms with Crippen molar-refractivity contribution in [2.75, 3.05) is 0 Å². The van der Waals surface area contributed by atoms with Crippen molar-refractivity contribution in [2.24, 2.45) is 0 Å². The lowest BCUT2D eigenvalue weighted by Crippen LogP contribution is -2.20. The first-order valence-electron chi connectivity index (χ1n) is 5.18. The first-order chi connectivity index (χ1) is 9.40. The van der Waals surface area contributed by atoms with Crippen LogP contribution in [0, 0.1) is 10.1 Å². The lowest BCUT2D eigenvalue weighted by molar-refractivity contribution is -0.384. The molecular weight excluding hydrogens is 334 g/mol. The molecule has 0 bridgehead atoms. The van der Waals surface area contributed by atoms with Gasteiger partial charge in [0, 0.05) is 28.9 Å². The summed E-state index contributed by atoms with van der Waals surface area (Å²) in [6.07, 6.45) is 1.23. The largest absolute Gasteiger partial charge is 0.476 e. The minimum Gasteiger partial charge on any atom is -0.476 e. The van der Waals surface area contributed by atoms with Crippen LogP contribution < -0.4 is 5.43 Å². The van der Waals surface area contributed by atoms with Gasteiger partial charge in [-0.25, -0.2) is 9.48 Å². The summed E-state index contributed by atoms with van der Waals surface area (Å²) >= 11 is 3.19. The van der Waals surface area contributed by atoms with E-state index in [-0.39, 0.29) is 11.4 Å². The molecule has 1 heterocycles. The average molecular weight is 340 g/mol. The van der Waals surface area contributed by atoms with E-state index >= 15 is 0 Å².